The lowest BCUT2D eigenvalue weighted by molar-refractivity contribution is -0.133. The Labute approximate surface area is 191 Å². The molecule has 0 bridgehead atoms. The molecule has 2 aromatic rings. The Morgan fingerprint density at radius 2 is 1.69 bits per heavy atom. The number of piperazine rings is 1. The van der Waals surface area contributed by atoms with E-state index in [0.717, 1.165) is 30.1 Å². The Kier molecular flexibility index (Phi) is 7.30. The summed E-state index contributed by atoms with van der Waals surface area (Å²) in [5.41, 5.74) is 3.18. The number of benzene rings is 1. The zero-order valence-electron chi connectivity index (χ0n) is 19.4. The number of amides is 1. The van der Waals surface area contributed by atoms with E-state index in [1.807, 2.05) is 35.2 Å². The number of carbonyl (C=O) groups is 2. The largest absolute Gasteiger partial charge is 0.493 e. The normalized spacial score (nSPS) is 17.6. The molecule has 0 atom stereocenters. The number of hydrogen-bond donors (Lipinski definition) is 0. The lowest BCUT2D eigenvalue weighted by Gasteiger charge is -2.34. The average Bonchev–Trinajstić information content (AvgIpc) is 3.42. The highest BCUT2D eigenvalue weighted by Gasteiger charge is 2.26. The molecule has 0 radical (unpaired) electrons. The van der Waals surface area contributed by atoms with E-state index in [0.29, 0.717) is 38.7 Å². The van der Waals surface area contributed by atoms with Crippen LogP contribution in [0.3, 0.4) is 0 Å². The van der Waals surface area contributed by atoms with E-state index in [4.69, 9.17) is 4.74 Å². The van der Waals surface area contributed by atoms with Gasteiger partial charge in [-0.3, -0.25) is 14.5 Å². The van der Waals surface area contributed by atoms with Gasteiger partial charge in [0.15, 0.2) is 5.78 Å². The first-order valence-electron chi connectivity index (χ1n) is 11.9. The summed E-state index contributed by atoms with van der Waals surface area (Å²) in [4.78, 5) is 29.6. The van der Waals surface area contributed by atoms with Crippen LogP contribution < -0.4 is 4.74 Å². The Hall–Kier alpha value is -2.60. The second-order valence-electron chi connectivity index (χ2n) is 9.08. The second kappa shape index (κ2) is 10.3. The Morgan fingerprint density at radius 3 is 2.38 bits per heavy atom. The summed E-state index contributed by atoms with van der Waals surface area (Å²) < 4.78 is 8.03. The minimum Gasteiger partial charge on any atom is -0.493 e. The maximum absolute atomic E-state index is 13.1. The number of ether oxygens (including phenoxy) is 1. The Morgan fingerprint density at radius 1 is 1.00 bits per heavy atom. The first-order chi connectivity index (χ1) is 15.5. The van der Waals surface area contributed by atoms with E-state index in [2.05, 4.69) is 29.4 Å². The van der Waals surface area contributed by atoms with Crippen LogP contribution in [0.25, 0.3) is 0 Å². The monoisotopic (exact) mass is 437 g/mol. The minimum atomic E-state index is 0.118. The number of carbonyl (C=O) groups excluding carboxylic acids is 2. The van der Waals surface area contributed by atoms with Crippen LogP contribution in [-0.4, -0.2) is 65.4 Å². The lowest BCUT2D eigenvalue weighted by Crippen LogP contribution is -2.50. The average molecular weight is 438 g/mol. The maximum atomic E-state index is 13.1. The molecule has 6 nitrogen and oxygen atoms in total. The molecule has 1 amide bonds. The molecule has 6 heteroatoms. The van der Waals surface area contributed by atoms with Crippen molar-refractivity contribution >= 4 is 11.7 Å². The van der Waals surface area contributed by atoms with Crippen molar-refractivity contribution in [3.05, 3.63) is 53.3 Å². The van der Waals surface area contributed by atoms with Crippen molar-refractivity contribution in [2.24, 2.45) is 0 Å². The van der Waals surface area contributed by atoms with Gasteiger partial charge in [-0.05, 0) is 44.9 Å². The van der Waals surface area contributed by atoms with E-state index >= 15 is 0 Å². The van der Waals surface area contributed by atoms with E-state index in [1.54, 1.807) is 0 Å². The molecule has 2 aliphatic rings. The summed E-state index contributed by atoms with van der Waals surface area (Å²) in [5, 5.41) is 0. The maximum Gasteiger partial charge on any atom is 0.226 e. The molecule has 4 rings (SSSR count). The molecule has 1 aliphatic carbocycles. The molecule has 32 heavy (non-hydrogen) atoms. The van der Waals surface area contributed by atoms with Crippen LogP contribution >= 0.6 is 0 Å². The predicted octanol–water partition coefficient (Wildman–Crippen LogP) is 4.02. The first-order valence-corrected chi connectivity index (χ1v) is 11.9. The summed E-state index contributed by atoms with van der Waals surface area (Å²) in [6, 6.07) is 12.2. The van der Waals surface area contributed by atoms with Gasteiger partial charge in [0.2, 0.25) is 5.91 Å². The van der Waals surface area contributed by atoms with Gasteiger partial charge >= 0.3 is 0 Å². The van der Waals surface area contributed by atoms with Crippen LogP contribution in [0.15, 0.2) is 36.4 Å². The smallest absolute Gasteiger partial charge is 0.226 e. The third-order valence-corrected chi connectivity index (χ3v) is 6.89. The molecule has 0 spiro atoms. The quantitative estimate of drug-likeness (QED) is 0.586. The van der Waals surface area contributed by atoms with Gasteiger partial charge in [-0.15, -0.1) is 0 Å². The van der Waals surface area contributed by atoms with E-state index in [1.165, 1.54) is 31.4 Å². The van der Waals surface area contributed by atoms with E-state index < -0.39 is 0 Å². The summed E-state index contributed by atoms with van der Waals surface area (Å²) in [6.45, 7) is 7.82. The van der Waals surface area contributed by atoms with Gasteiger partial charge in [-0.25, -0.2) is 0 Å². The fraction of sp³-hybridized carbons (Fsp3) is 0.538. The van der Waals surface area contributed by atoms with Crippen LogP contribution in [0, 0.1) is 13.8 Å². The molecular formula is C26H35N3O3. The lowest BCUT2D eigenvalue weighted by atomic mass is 10.1. The molecule has 0 N–H and O–H groups in total. The molecule has 1 aromatic heterocycles. The van der Waals surface area contributed by atoms with Crippen molar-refractivity contribution in [3.63, 3.8) is 0 Å². The van der Waals surface area contributed by atoms with Gasteiger partial charge in [0.1, 0.15) is 5.75 Å². The van der Waals surface area contributed by atoms with Gasteiger partial charge in [0, 0.05) is 49.2 Å². The van der Waals surface area contributed by atoms with E-state index in [9.17, 15) is 9.59 Å². The fourth-order valence-corrected chi connectivity index (χ4v) is 5.16. The van der Waals surface area contributed by atoms with Gasteiger partial charge in [0.05, 0.1) is 19.6 Å². The zero-order valence-corrected chi connectivity index (χ0v) is 19.4. The highest BCUT2D eigenvalue weighted by Crippen LogP contribution is 2.33. The molecule has 1 aliphatic heterocycles. The van der Waals surface area contributed by atoms with Crippen molar-refractivity contribution in [3.8, 4) is 5.75 Å². The van der Waals surface area contributed by atoms with Crippen molar-refractivity contribution < 1.29 is 14.3 Å². The minimum absolute atomic E-state index is 0.118. The third-order valence-electron chi connectivity index (χ3n) is 6.89. The fourth-order valence-electron chi connectivity index (χ4n) is 5.16. The van der Waals surface area contributed by atoms with Gasteiger partial charge in [-0.2, -0.15) is 0 Å². The topological polar surface area (TPSA) is 54.8 Å². The SMILES string of the molecule is Cc1cc(C(=O)CN2CCN(C(=O)CCOc3ccccc3)CC2)c(C)n1C1CCCC1. The number of Topliss-reactive ketones (excluding diaryl/α,β-unsaturated/α-hetero) is 1. The summed E-state index contributed by atoms with van der Waals surface area (Å²) >= 11 is 0. The van der Waals surface area contributed by atoms with Crippen LogP contribution in [0.2, 0.25) is 0 Å². The molecule has 2 fully saturated rings. The highest BCUT2D eigenvalue weighted by atomic mass is 16.5. The number of aryl methyl sites for hydroxylation is 1. The number of para-hydroxylation sites is 1. The van der Waals surface area contributed by atoms with Crippen LogP contribution in [0.1, 0.15) is 59.9 Å². The summed E-state index contributed by atoms with van der Waals surface area (Å²) in [6.07, 6.45) is 5.38. The van der Waals surface area contributed by atoms with Crippen molar-refractivity contribution in [1.82, 2.24) is 14.4 Å². The molecule has 1 saturated carbocycles. The standard InChI is InChI=1S/C26H35N3O3/c1-20-18-24(21(2)29(20)22-8-6-7-9-22)25(30)19-27-13-15-28(16-14-27)26(31)12-17-32-23-10-4-3-5-11-23/h3-5,10-11,18,22H,6-9,12-17,19H2,1-2H3. The molecule has 0 unspecified atom stereocenters. The van der Waals surface area contributed by atoms with E-state index in [-0.39, 0.29) is 11.7 Å². The zero-order chi connectivity index (χ0) is 22.5. The number of nitrogens with zero attached hydrogens (tertiary/aromatic N) is 3. The second-order valence-corrected chi connectivity index (χ2v) is 9.08. The number of aromatic nitrogens is 1. The molecule has 2 heterocycles. The van der Waals surface area contributed by atoms with Crippen LogP contribution in [0.5, 0.6) is 5.75 Å². The molecule has 1 aromatic carbocycles. The number of rotatable bonds is 8. The van der Waals surface area contributed by atoms with Gasteiger partial charge in [0.25, 0.3) is 0 Å². The van der Waals surface area contributed by atoms with Crippen LogP contribution in [0.4, 0.5) is 0 Å². The predicted molar refractivity (Wildman–Crippen MR) is 125 cm³/mol. The van der Waals surface area contributed by atoms with Crippen LogP contribution in [-0.2, 0) is 4.79 Å². The highest BCUT2D eigenvalue weighted by molar-refractivity contribution is 5.99. The Balaban J connectivity index is 1.24. The van der Waals surface area contributed by atoms with Gasteiger partial charge < -0.3 is 14.2 Å². The Bertz CT molecular complexity index is 923. The molecule has 1 saturated heterocycles. The van der Waals surface area contributed by atoms with Crippen molar-refractivity contribution in [1.29, 1.82) is 0 Å². The first kappa shape index (κ1) is 22.6. The third kappa shape index (κ3) is 5.23. The van der Waals surface area contributed by atoms with Gasteiger partial charge in [-0.1, -0.05) is 31.0 Å². The summed E-state index contributed by atoms with van der Waals surface area (Å²) in [5.74, 6) is 1.10. The molecule has 172 valence electrons. The molecular weight excluding hydrogens is 402 g/mol. The van der Waals surface area contributed by atoms with Crippen molar-refractivity contribution in [2.75, 3.05) is 39.3 Å². The number of ketones is 1. The van der Waals surface area contributed by atoms with Crippen molar-refractivity contribution in [2.45, 2.75) is 52.0 Å². The summed E-state index contributed by atoms with van der Waals surface area (Å²) in [7, 11) is 0. The number of hydrogen-bond acceptors (Lipinski definition) is 4.